The van der Waals surface area contributed by atoms with Crippen LogP contribution in [0.25, 0.3) is 0 Å². The van der Waals surface area contributed by atoms with Crippen LogP contribution in [0, 0.1) is 0 Å². The average Bonchev–Trinajstić information content (AvgIpc) is 3.07. The van der Waals surface area contributed by atoms with Gasteiger partial charge in [-0.25, -0.2) is 4.99 Å². The predicted molar refractivity (Wildman–Crippen MR) is 94.1 cm³/mol. The smallest absolute Gasteiger partial charge is 0.191 e. The molecule has 0 radical (unpaired) electrons. The van der Waals surface area contributed by atoms with Gasteiger partial charge in [0.1, 0.15) is 11.5 Å². The third kappa shape index (κ3) is 4.78. The summed E-state index contributed by atoms with van der Waals surface area (Å²) in [4.78, 5) is 6.57. The highest BCUT2D eigenvalue weighted by Gasteiger charge is 2.18. The minimum atomic E-state index is 0.310. The Hall–Kier alpha value is -1.91. The molecule has 1 aliphatic rings. The number of methoxy groups -OCH3 is 1. The van der Waals surface area contributed by atoms with Crippen LogP contribution in [-0.4, -0.2) is 37.2 Å². The summed E-state index contributed by atoms with van der Waals surface area (Å²) in [5, 5.41) is 0. The molecule has 0 aliphatic heterocycles. The lowest BCUT2D eigenvalue weighted by Gasteiger charge is -2.20. The van der Waals surface area contributed by atoms with Gasteiger partial charge in [-0.05, 0) is 51.7 Å². The quantitative estimate of drug-likeness (QED) is 0.619. The highest BCUT2D eigenvalue weighted by molar-refractivity contribution is 5.78. The molecule has 23 heavy (non-hydrogen) atoms. The zero-order chi connectivity index (χ0) is 16.7. The van der Waals surface area contributed by atoms with Crippen molar-refractivity contribution in [3.8, 4) is 11.5 Å². The number of hydrogen-bond acceptors (Lipinski definition) is 3. The highest BCUT2D eigenvalue weighted by atomic mass is 16.5. The molecule has 128 valence electrons. The normalized spacial score (nSPS) is 15.7. The second-order valence-corrected chi connectivity index (χ2v) is 5.84. The third-order valence-corrected chi connectivity index (χ3v) is 4.37. The number of nitrogens with two attached hydrogens (primary N) is 1. The first-order valence-electron chi connectivity index (χ1n) is 8.56. The fourth-order valence-corrected chi connectivity index (χ4v) is 2.90. The molecule has 0 aromatic heterocycles. The molecule has 5 nitrogen and oxygen atoms in total. The molecule has 0 heterocycles. The van der Waals surface area contributed by atoms with Gasteiger partial charge >= 0.3 is 0 Å². The van der Waals surface area contributed by atoms with Crippen molar-refractivity contribution >= 4 is 5.96 Å². The number of hydrogen-bond donors (Lipinski definition) is 1. The fourth-order valence-electron chi connectivity index (χ4n) is 2.90. The van der Waals surface area contributed by atoms with E-state index in [0.29, 0.717) is 18.6 Å². The van der Waals surface area contributed by atoms with Crippen LogP contribution in [0.15, 0.2) is 23.2 Å². The Balaban J connectivity index is 2.14. The van der Waals surface area contributed by atoms with Crippen molar-refractivity contribution in [3.63, 3.8) is 0 Å². The van der Waals surface area contributed by atoms with Gasteiger partial charge in [-0.3, -0.25) is 0 Å². The molecule has 0 amide bonds. The van der Waals surface area contributed by atoms with Gasteiger partial charge in [0.2, 0.25) is 0 Å². The minimum Gasteiger partial charge on any atom is -0.497 e. The maximum Gasteiger partial charge on any atom is 0.191 e. The van der Waals surface area contributed by atoms with Crippen LogP contribution < -0.4 is 15.2 Å². The summed E-state index contributed by atoms with van der Waals surface area (Å²) < 4.78 is 11.5. The van der Waals surface area contributed by atoms with E-state index in [-0.39, 0.29) is 0 Å². The minimum absolute atomic E-state index is 0.310. The summed E-state index contributed by atoms with van der Waals surface area (Å²) in [5.74, 6) is 2.26. The van der Waals surface area contributed by atoms with Crippen LogP contribution in [0.5, 0.6) is 11.5 Å². The topological polar surface area (TPSA) is 60.1 Å². The van der Waals surface area contributed by atoms with Gasteiger partial charge in [0, 0.05) is 24.7 Å². The first-order valence-corrected chi connectivity index (χ1v) is 8.56. The molecule has 0 bridgehead atoms. The molecular weight excluding hydrogens is 290 g/mol. The Labute approximate surface area is 139 Å². The zero-order valence-corrected chi connectivity index (χ0v) is 14.5. The lowest BCUT2D eigenvalue weighted by atomic mass is 10.2. The molecule has 0 atom stereocenters. The second-order valence-electron chi connectivity index (χ2n) is 5.84. The molecular formula is C18H29N3O2. The number of benzene rings is 1. The van der Waals surface area contributed by atoms with Gasteiger partial charge in [0.15, 0.2) is 5.96 Å². The zero-order valence-electron chi connectivity index (χ0n) is 14.5. The van der Waals surface area contributed by atoms with E-state index in [2.05, 4.69) is 18.8 Å². The summed E-state index contributed by atoms with van der Waals surface area (Å²) in [7, 11) is 1.67. The monoisotopic (exact) mass is 319 g/mol. The van der Waals surface area contributed by atoms with E-state index in [4.69, 9.17) is 15.2 Å². The molecule has 2 N–H and O–H groups in total. The Bertz CT molecular complexity index is 521. The third-order valence-electron chi connectivity index (χ3n) is 4.37. The second kappa shape index (κ2) is 8.65. The van der Waals surface area contributed by atoms with Gasteiger partial charge in [-0.15, -0.1) is 0 Å². The number of aliphatic imine (C=N–C) groups is 1. The molecule has 5 heteroatoms. The standard InChI is InChI=1S/C18H29N3O2/c1-4-21(5-2)18(19)20-13-14-10-11-16(22-3)12-17(14)23-15-8-6-7-9-15/h10-12,15H,4-9,13H2,1-3H3,(H2,19,20). The van der Waals surface area contributed by atoms with Crippen molar-refractivity contribution in [3.05, 3.63) is 23.8 Å². The largest absolute Gasteiger partial charge is 0.497 e. The molecule has 1 fully saturated rings. The first-order chi connectivity index (χ1) is 11.2. The van der Waals surface area contributed by atoms with E-state index in [1.165, 1.54) is 12.8 Å². The van der Waals surface area contributed by atoms with E-state index in [0.717, 1.165) is 43.0 Å². The van der Waals surface area contributed by atoms with E-state index in [9.17, 15) is 0 Å². The van der Waals surface area contributed by atoms with Gasteiger partial charge < -0.3 is 20.1 Å². The van der Waals surface area contributed by atoms with Gasteiger partial charge in [0.05, 0.1) is 19.8 Å². The maximum atomic E-state index is 6.19. The van der Waals surface area contributed by atoms with E-state index >= 15 is 0 Å². The number of nitrogens with zero attached hydrogens (tertiary/aromatic N) is 2. The fraction of sp³-hybridized carbons (Fsp3) is 0.611. The van der Waals surface area contributed by atoms with Crippen molar-refractivity contribution < 1.29 is 9.47 Å². The summed E-state index contributed by atoms with van der Waals surface area (Å²) in [6.07, 6.45) is 5.06. The predicted octanol–water partition coefficient (Wildman–Crippen LogP) is 3.17. The van der Waals surface area contributed by atoms with Crippen molar-refractivity contribution in [2.24, 2.45) is 10.7 Å². The van der Waals surface area contributed by atoms with E-state index < -0.39 is 0 Å². The lowest BCUT2D eigenvalue weighted by Crippen LogP contribution is -2.37. The highest BCUT2D eigenvalue weighted by Crippen LogP contribution is 2.30. The van der Waals surface area contributed by atoms with Crippen LogP contribution in [0.2, 0.25) is 0 Å². The van der Waals surface area contributed by atoms with Gasteiger partial charge in [-0.1, -0.05) is 0 Å². The number of guanidine groups is 1. The molecule has 1 aliphatic carbocycles. The molecule has 2 rings (SSSR count). The molecule has 1 aromatic carbocycles. The Kier molecular flexibility index (Phi) is 6.56. The molecule has 1 aromatic rings. The molecule has 0 unspecified atom stereocenters. The average molecular weight is 319 g/mol. The van der Waals surface area contributed by atoms with Gasteiger partial charge in [0.25, 0.3) is 0 Å². The van der Waals surface area contributed by atoms with E-state index in [1.807, 2.05) is 23.1 Å². The van der Waals surface area contributed by atoms with Crippen LogP contribution in [0.3, 0.4) is 0 Å². The van der Waals surface area contributed by atoms with Crippen LogP contribution in [0.1, 0.15) is 45.1 Å². The maximum absolute atomic E-state index is 6.19. The molecule has 0 saturated heterocycles. The number of ether oxygens (including phenoxy) is 2. The van der Waals surface area contributed by atoms with Gasteiger partial charge in [-0.2, -0.15) is 0 Å². The van der Waals surface area contributed by atoms with Crippen molar-refractivity contribution in [1.29, 1.82) is 0 Å². The summed E-state index contributed by atoms with van der Waals surface area (Å²) >= 11 is 0. The van der Waals surface area contributed by atoms with E-state index in [1.54, 1.807) is 7.11 Å². The Morgan fingerprint density at radius 1 is 1.26 bits per heavy atom. The lowest BCUT2D eigenvalue weighted by molar-refractivity contribution is 0.207. The SMILES string of the molecule is CCN(CC)C(N)=NCc1ccc(OC)cc1OC1CCCC1. The number of rotatable bonds is 7. The van der Waals surface area contributed by atoms with Crippen LogP contribution in [0.4, 0.5) is 0 Å². The van der Waals surface area contributed by atoms with Crippen LogP contribution >= 0.6 is 0 Å². The summed E-state index contributed by atoms with van der Waals surface area (Å²) in [6.45, 7) is 6.40. The van der Waals surface area contributed by atoms with Crippen LogP contribution in [-0.2, 0) is 6.54 Å². The van der Waals surface area contributed by atoms with Crippen molar-refractivity contribution in [2.45, 2.75) is 52.2 Å². The Morgan fingerprint density at radius 3 is 2.57 bits per heavy atom. The van der Waals surface area contributed by atoms with Crippen molar-refractivity contribution in [1.82, 2.24) is 4.90 Å². The Morgan fingerprint density at radius 2 is 1.96 bits per heavy atom. The molecule has 1 saturated carbocycles. The molecule has 0 spiro atoms. The first kappa shape index (κ1) is 17.4. The van der Waals surface area contributed by atoms with Crippen molar-refractivity contribution in [2.75, 3.05) is 20.2 Å². The summed E-state index contributed by atoms with van der Waals surface area (Å²) in [6, 6.07) is 5.92. The summed E-state index contributed by atoms with van der Waals surface area (Å²) in [5.41, 5.74) is 7.12.